The first-order chi connectivity index (χ1) is 9.27. The van der Waals surface area contributed by atoms with E-state index in [2.05, 4.69) is 61.4 Å². The van der Waals surface area contributed by atoms with Gasteiger partial charge in [0, 0.05) is 18.1 Å². The Kier molecular flexibility index (Phi) is 5.41. The molecule has 1 N–H and O–H groups in total. The van der Waals surface area contributed by atoms with Crippen molar-refractivity contribution in [3.63, 3.8) is 0 Å². The second-order valence-corrected chi connectivity index (χ2v) is 5.67. The molecule has 106 valence electrons. The number of benzene rings is 1. The van der Waals surface area contributed by atoms with E-state index in [9.17, 15) is 0 Å². The molecule has 0 spiro atoms. The SMILES string of the molecule is CCNC(c1ccccc1)C(CC)N(C)C1CCC1. The first-order valence-corrected chi connectivity index (χ1v) is 7.78. The highest BCUT2D eigenvalue weighted by molar-refractivity contribution is 5.21. The average Bonchev–Trinajstić information content (AvgIpc) is 2.37. The summed E-state index contributed by atoms with van der Waals surface area (Å²) < 4.78 is 0. The van der Waals surface area contributed by atoms with Crippen LogP contribution in [0.25, 0.3) is 0 Å². The van der Waals surface area contributed by atoms with Crippen molar-refractivity contribution in [1.29, 1.82) is 0 Å². The molecule has 2 unspecified atom stereocenters. The van der Waals surface area contributed by atoms with Crippen LogP contribution in [0.15, 0.2) is 30.3 Å². The third-order valence-electron chi connectivity index (χ3n) is 4.56. The maximum atomic E-state index is 3.69. The smallest absolute Gasteiger partial charge is 0.0477 e. The Morgan fingerprint density at radius 3 is 2.37 bits per heavy atom. The van der Waals surface area contributed by atoms with Gasteiger partial charge >= 0.3 is 0 Å². The normalized spacial score (nSPS) is 19.2. The highest BCUT2D eigenvalue weighted by Gasteiger charge is 2.31. The second kappa shape index (κ2) is 7.06. The number of rotatable bonds is 7. The molecule has 1 saturated carbocycles. The predicted octanol–water partition coefficient (Wildman–Crippen LogP) is 3.60. The van der Waals surface area contributed by atoms with Gasteiger partial charge in [0.25, 0.3) is 0 Å². The van der Waals surface area contributed by atoms with Crippen molar-refractivity contribution in [3.05, 3.63) is 35.9 Å². The summed E-state index contributed by atoms with van der Waals surface area (Å²) in [6, 6.07) is 12.7. The molecule has 0 radical (unpaired) electrons. The van der Waals surface area contributed by atoms with Gasteiger partial charge in [-0.1, -0.05) is 50.6 Å². The Bertz CT molecular complexity index is 359. The van der Waals surface area contributed by atoms with E-state index in [4.69, 9.17) is 0 Å². The van der Waals surface area contributed by atoms with Crippen LogP contribution in [0.4, 0.5) is 0 Å². The lowest BCUT2D eigenvalue weighted by atomic mass is 9.87. The van der Waals surface area contributed by atoms with Crippen LogP contribution >= 0.6 is 0 Å². The summed E-state index contributed by atoms with van der Waals surface area (Å²) in [5, 5.41) is 3.69. The maximum absolute atomic E-state index is 3.69. The zero-order valence-electron chi connectivity index (χ0n) is 12.6. The highest BCUT2D eigenvalue weighted by Crippen LogP contribution is 2.30. The second-order valence-electron chi connectivity index (χ2n) is 5.67. The summed E-state index contributed by atoms with van der Waals surface area (Å²) in [4.78, 5) is 2.61. The van der Waals surface area contributed by atoms with Crippen LogP contribution in [-0.4, -0.2) is 30.6 Å². The molecule has 1 aliphatic carbocycles. The lowest BCUT2D eigenvalue weighted by Gasteiger charge is -2.43. The van der Waals surface area contributed by atoms with Crippen molar-refractivity contribution in [2.75, 3.05) is 13.6 Å². The summed E-state index contributed by atoms with van der Waals surface area (Å²) >= 11 is 0. The lowest BCUT2D eigenvalue weighted by Crippen LogP contribution is -2.49. The van der Waals surface area contributed by atoms with E-state index >= 15 is 0 Å². The average molecular weight is 260 g/mol. The van der Waals surface area contributed by atoms with E-state index in [1.54, 1.807) is 0 Å². The minimum Gasteiger partial charge on any atom is -0.309 e. The van der Waals surface area contributed by atoms with Gasteiger partial charge < -0.3 is 5.32 Å². The van der Waals surface area contributed by atoms with Gasteiger partial charge in [-0.05, 0) is 38.4 Å². The van der Waals surface area contributed by atoms with Crippen molar-refractivity contribution in [1.82, 2.24) is 10.2 Å². The van der Waals surface area contributed by atoms with E-state index in [0.29, 0.717) is 12.1 Å². The summed E-state index contributed by atoms with van der Waals surface area (Å²) in [7, 11) is 2.31. The molecular formula is C17H28N2. The van der Waals surface area contributed by atoms with Crippen molar-refractivity contribution in [2.45, 2.75) is 57.7 Å². The molecule has 1 aromatic carbocycles. The molecule has 0 bridgehead atoms. The van der Waals surface area contributed by atoms with Gasteiger partial charge in [0.15, 0.2) is 0 Å². The van der Waals surface area contributed by atoms with Crippen LogP contribution in [0.3, 0.4) is 0 Å². The molecule has 1 aromatic rings. The zero-order valence-corrected chi connectivity index (χ0v) is 12.6. The Hall–Kier alpha value is -0.860. The van der Waals surface area contributed by atoms with Crippen molar-refractivity contribution in [2.24, 2.45) is 0 Å². The third kappa shape index (κ3) is 3.37. The number of nitrogens with one attached hydrogen (secondary N) is 1. The van der Waals surface area contributed by atoms with E-state index < -0.39 is 0 Å². The van der Waals surface area contributed by atoms with Gasteiger partial charge in [-0.3, -0.25) is 4.90 Å². The molecule has 0 heterocycles. The van der Waals surface area contributed by atoms with Gasteiger partial charge in [0.1, 0.15) is 0 Å². The molecule has 19 heavy (non-hydrogen) atoms. The van der Waals surface area contributed by atoms with Gasteiger partial charge in [-0.2, -0.15) is 0 Å². The van der Waals surface area contributed by atoms with E-state index in [1.165, 1.54) is 31.2 Å². The zero-order chi connectivity index (χ0) is 13.7. The van der Waals surface area contributed by atoms with Crippen LogP contribution in [0.2, 0.25) is 0 Å². The first kappa shape index (κ1) is 14.5. The van der Waals surface area contributed by atoms with E-state index in [0.717, 1.165) is 12.6 Å². The quantitative estimate of drug-likeness (QED) is 0.806. The van der Waals surface area contributed by atoms with Crippen LogP contribution in [0.1, 0.15) is 51.1 Å². The number of hydrogen-bond acceptors (Lipinski definition) is 2. The molecule has 0 amide bonds. The van der Waals surface area contributed by atoms with Crippen LogP contribution in [0.5, 0.6) is 0 Å². The van der Waals surface area contributed by atoms with Crippen LogP contribution < -0.4 is 5.32 Å². The fourth-order valence-corrected chi connectivity index (χ4v) is 3.18. The van der Waals surface area contributed by atoms with Gasteiger partial charge in [0.05, 0.1) is 0 Å². The number of likely N-dealkylation sites (N-methyl/N-ethyl adjacent to an activating group) is 2. The number of hydrogen-bond donors (Lipinski definition) is 1. The Labute approximate surface area is 118 Å². The minimum absolute atomic E-state index is 0.446. The van der Waals surface area contributed by atoms with E-state index in [-0.39, 0.29) is 0 Å². The molecule has 2 heteroatoms. The van der Waals surface area contributed by atoms with E-state index in [1.807, 2.05) is 0 Å². The van der Waals surface area contributed by atoms with Gasteiger partial charge in [0.2, 0.25) is 0 Å². The Morgan fingerprint density at radius 1 is 1.21 bits per heavy atom. The van der Waals surface area contributed by atoms with Crippen molar-refractivity contribution in [3.8, 4) is 0 Å². The largest absolute Gasteiger partial charge is 0.309 e. The Morgan fingerprint density at radius 2 is 1.89 bits per heavy atom. The Balaban J connectivity index is 2.15. The van der Waals surface area contributed by atoms with Crippen LogP contribution in [0, 0.1) is 0 Å². The molecule has 2 atom stereocenters. The monoisotopic (exact) mass is 260 g/mol. The van der Waals surface area contributed by atoms with Gasteiger partial charge in [-0.15, -0.1) is 0 Å². The summed E-state index contributed by atoms with van der Waals surface area (Å²) in [5.41, 5.74) is 1.42. The summed E-state index contributed by atoms with van der Waals surface area (Å²) in [5.74, 6) is 0. The highest BCUT2D eigenvalue weighted by atomic mass is 15.2. The number of nitrogens with zero attached hydrogens (tertiary/aromatic N) is 1. The molecule has 0 aliphatic heterocycles. The predicted molar refractivity (Wildman–Crippen MR) is 82.3 cm³/mol. The lowest BCUT2D eigenvalue weighted by molar-refractivity contribution is 0.0844. The molecule has 0 aromatic heterocycles. The summed E-state index contributed by atoms with van der Waals surface area (Å²) in [6.07, 6.45) is 5.35. The van der Waals surface area contributed by atoms with Crippen molar-refractivity contribution < 1.29 is 0 Å². The third-order valence-corrected chi connectivity index (χ3v) is 4.56. The summed E-state index contributed by atoms with van der Waals surface area (Å²) in [6.45, 7) is 5.54. The fraction of sp³-hybridized carbons (Fsp3) is 0.647. The standard InChI is InChI=1S/C17H28N2/c1-4-16(19(3)15-12-9-13-15)17(18-5-2)14-10-7-6-8-11-14/h6-8,10-11,15-18H,4-5,9,12-13H2,1-3H3. The topological polar surface area (TPSA) is 15.3 Å². The molecule has 0 saturated heterocycles. The maximum Gasteiger partial charge on any atom is 0.0477 e. The van der Waals surface area contributed by atoms with Gasteiger partial charge in [-0.25, -0.2) is 0 Å². The minimum atomic E-state index is 0.446. The molecule has 2 rings (SSSR count). The molecule has 1 aliphatic rings. The first-order valence-electron chi connectivity index (χ1n) is 7.78. The fourth-order valence-electron chi connectivity index (χ4n) is 3.18. The molecule has 2 nitrogen and oxygen atoms in total. The van der Waals surface area contributed by atoms with Crippen molar-refractivity contribution >= 4 is 0 Å². The van der Waals surface area contributed by atoms with Crippen LogP contribution in [-0.2, 0) is 0 Å². The molecule has 1 fully saturated rings. The molecular weight excluding hydrogens is 232 g/mol.